The lowest BCUT2D eigenvalue weighted by Gasteiger charge is -2.44. The second-order valence-electron chi connectivity index (χ2n) is 9.57. The van der Waals surface area contributed by atoms with E-state index in [1.165, 1.54) is 11.8 Å². The summed E-state index contributed by atoms with van der Waals surface area (Å²) in [5.74, 6) is -1.60. The van der Waals surface area contributed by atoms with Gasteiger partial charge in [0.05, 0.1) is 0 Å². The third kappa shape index (κ3) is 5.21. The van der Waals surface area contributed by atoms with Crippen molar-refractivity contribution in [3.05, 3.63) is 35.9 Å². The van der Waals surface area contributed by atoms with Crippen LogP contribution in [-0.4, -0.2) is 87.8 Å². The number of hydrogen-bond acceptors (Lipinski definition) is 8. The minimum absolute atomic E-state index is 0. The predicted octanol–water partition coefficient (Wildman–Crippen LogP) is 2.28. The molecule has 2 amide bonds. The first kappa shape index (κ1) is 28.3. The van der Waals surface area contributed by atoms with Gasteiger partial charge in [-0.2, -0.15) is 0 Å². The molecule has 0 bridgehead atoms. The number of fused-ring (bicyclic) bond motifs is 1. The highest BCUT2D eigenvalue weighted by molar-refractivity contribution is 8.01. The van der Waals surface area contributed by atoms with Crippen molar-refractivity contribution in [3.8, 4) is 0 Å². The Hall–Kier alpha value is -2.30. The van der Waals surface area contributed by atoms with Crippen LogP contribution < -0.4 is 5.32 Å². The molecule has 0 aromatic heterocycles. The van der Waals surface area contributed by atoms with Gasteiger partial charge in [0, 0.05) is 16.9 Å². The molecule has 0 spiro atoms. The maximum Gasteiger partial charge on any atom is 0.330 e. The Bertz CT molecular complexity index is 1000. The zero-order valence-electron chi connectivity index (χ0n) is 21.3. The van der Waals surface area contributed by atoms with Crippen LogP contribution in [0, 0.1) is 5.92 Å². The van der Waals surface area contributed by atoms with Crippen LogP contribution in [-0.2, 0) is 24.0 Å². The number of likely N-dealkylation sites (N-methyl/N-ethyl adjacent to an activating group) is 1. The maximum atomic E-state index is 13.3. The zero-order valence-corrected chi connectivity index (χ0v) is 22.9. The first-order chi connectivity index (χ1) is 16.7. The summed E-state index contributed by atoms with van der Waals surface area (Å²) in [4.78, 5) is 48.5. The van der Waals surface area contributed by atoms with E-state index in [1.807, 2.05) is 44.2 Å². The van der Waals surface area contributed by atoms with Crippen LogP contribution in [0.4, 0.5) is 0 Å². The Morgan fingerprint density at radius 1 is 1.22 bits per heavy atom. The van der Waals surface area contributed by atoms with Crippen LogP contribution in [0.25, 0.3) is 0 Å². The van der Waals surface area contributed by atoms with Crippen LogP contribution >= 0.6 is 24.2 Å². The summed E-state index contributed by atoms with van der Waals surface area (Å²) in [6, 6.07) is 8.01. The monoisotopic (exact) mass is 538 g/mol. The molecule has 36 heavy (non-hydrogen) atoms. The van der Waals surface area contributed by atoms with Gasteiger partial charge in [-0.05, 0) is 33.9 Å². The molecule has 0 radical (unpaired) electrons. The molecule has 1 aromatic carbocycles. The summed E-state index contributed by atoms with van der Waals surface area (Å²) in [5, 5.41) is 6.72. The van der Waals surface area contributed by atoms with E-state index in [9.17, 15) is 14.4 Å². The highest BCUT2D eigenvalue weighted by Gasteiger charge is 2.64. The van der Waals surface area contributed by atoms with Gasteiger partial charge in [0.25, 0.3) is 0 Å². The van der Waals surface area contributed by atoms with Crippen molar-refractivity contribution in [1.82, 2.24) is 15.1 Å². The number of amides is 2. The summed E-state index contributed by atoms with van der Waals surface area (Å²) < 4.78 is 5.03. The number of thioether (sulfide) groups is 1. The SMILES string of the molecule is CCN(CC)CCOC(=O)[C@@H]1N2C(=O)[C@@H](NC(=O)C3C(c4ccccc4)=NOC3C)[C@H]2SC1(C)C.Cl. The van der Waals surface area contributed by atoms with E-state index in [1.54, 1.807) is 11.8 Å². The molecule has 9 nitrogen and oxygen atoms in total. The Kier molecular flexibility index (Phi) is 8.95. The fourth-order valence-corrected chi connectivity index (χ4v) is 6.54. The number of ether oxygens (including phenoxy) is 1. The number of nitrogens with zero attached hydrogens (tertiary/aromatic N) is 3. The van der Waals surface area contributed by atoms with Gasteiger partial charge in [0.15, 0.2) is 0 Å². The molecule has 3 aliphatic heterocycles. The molecule has 3 heterocycles. The molecule has 5 atom stereocenters. The van der Waals surface area contributed by atoms with Gasteiger partial charge in [0.1, 0.15) is 41.8 Å². The fourth-order valence-electron chi connectivity index (χ4n) is 4.92. The minimum atomic E-state index is -0.704. The average Bonchev–Trinajstić information content (AvgIpc) is 3.35. The van der Waals surface area contributed by atoms with Crippen molar-refractivity contribution in [2.24, 2.45) is 11.1 Å². The van der Waals surface area contributed by atoms with Gasteiger partial charge in [-0.15, -0.1) is 24.2 Å². The summed E-state index contributed by atoms with van der Waals surface area (Å²) in [7, 11) is 0. The smallest absolute Gasteiger partial charge is 0.330 e. The minimum Gasteiger partial charge on any atom is -0.463 e. The van der Waals surface area contributed by atoms with Gasteiger partial charge in [-0.1, -0.05) is 49.3 Å². The van der Waals surface area contributed by atoms with E-state index >= 15 is 0 Å². The van der Waals surface area contributed by atoms with Gasteiger partial charge in [-0.25, -0.2) is 4.79 Å². The number of carbonyl (C=O) groups excluding carboxylic acids is 3. The Labute approximate surface area is 222 Å². The second-order valence-corrected chi connectivity index (χ2v) is 11.3. The molecular weight excluding hydrogens is 504 g/mol. The van der Waals surface area contributed by atoms with Crippen LogP contribution in [0.15, 0.2) is 35.5 Å². The predicted molar refractivity (Wildman–Crippen MR) is 141 cm³/mol. The fraction of sp³-hybridized carbons (Fsp3) is 0.600. The number of hydrogen-bond donors (Lipinski definition) is 1. The van der Waals surface area contributed by atoms with E-state index in [4.69, 9.17) is 9.57 Å². The second kappa shape index (κ2) is 11.4. The standard InChI is InChI=1S/C25H34N4O5S.ClH/c1-6-28(7-2)13-14-33-24(32)20-25(4,5)35-23-19(22(31)29(20)23)26-21(30)17-15(3)34-27-18(17)16-11-9-8-10-12-16;/h8-12,15,17,19-20,23H,6-7,13-14H2,1-5H3,(H,26,30);1H/t15?,17?,19-,20+,23-;/m1./s1. The lowest BCUT2D eigenvalue weighted by Crippen LogP contribution is -2.71. The van der Waals surface area contributed by atoms with Crippen molar-refractivity contribution >= 4 is 47.7 Å². The van der Waals surface area contributed by atoms with Crippen molar-refractivity contribution < 1.29 is 24.0 Å². The Morgan fingerprint density at radius 2 is 1.89 bits per heavy atom. The Balaban J connectivity index is 0.00000361. The molecule has 2 fully saturated rings. The number of rotatable bonds is 9. The third-order valence-electron chi connectivity index (χ3n) is 6.94. The normalized spacial score (nSPS) is 27.9. The van der Waals surface area contributed by atoms with Crippen LogP contribution in [0.3, 0.4) is 0 Å². The van der Waals surface area contributed by atoms with E-state index in [2.05, 4.69) is 29.2 Å². The molecule has 1 N–H and O–H groups in total. The van der Waals surface area contributed by atoms with Crippen LogP contribution in [0.5, 0.6) is 0 Å². The molecular formula is C25H35ClN4O5S. The van der Waals surface area contributed by atoms with E-state index in [0.29, 0.717) is 12.3 Å². The van der Waals surface area contributed by atoms with Crippen molar-refractivity contribution in [3.63, 3.8) is 0 Å². The third-order valence-corrected chi connectivity index (χ3v) is 8.51. The van der Waals surface area contributed by atoms with E-state index in [0.717, 1.165) is 18.7 Å². The summed E-state index contributed by atoms with van der Waals surface area (Å²) in [5.41, 5.74) is 1.36. The van der Waals surface area contributed by atoms with Gasteiger partial charge < -0.3 is 24.7 Å². The van der Waals surface area contributed by atoms with Crippen molar-refractivity contribution in [1.29, 1.82) is 0 Å². The number of β-lactam (4-membered cyclic amide) rings is 1. The molecule has 198 valence electrons. The highest BCUT2D eigenvalue weighted by Crippen LogP contribution is 2.51. The summed E-state index contributed by atoms with van der Waals surface area (Å²) in [6.07, 6.45) is -0.447. The quantitative estimate of drug-likeness (QED) is 0.380. The summed E-state index contributed by atoms with van der Waals surface area (Å²) >= 11 is 1.51. The van der Waals surface area contributed by atoms with Crippen molar-refractivity contribution in [2.45, 2.75) is 62.9 Å². The molecule has 4 rings (SSSR count). The Morgan fingerprint density at radius 3 is 2.53 bits per heavy atom. The molecule has 2 unspecified atom stereocenters. The van der Waals surface area contributed by atoms with Gasteiger partial charge >= 0.3 is 5.97 Å². The molecule has 11 heteroatoms. The first-order valence-corrected chi connectivity index (χ1v) is 13.1. The molecule has 2 saturated heterocycles. The lowest BCUT2D eigenvalue weighted by molar-refractivity contribution is -0.164. The van der Waals surface area contributed by atoms with E-state index < -0.39 is 34.8 Å². The first-order valence-electron chi connectivity index (χ1n) is 12.2. The van der Waals surface area contributed by atoms with E-state index in [-0.39, 0.29) is 36.2 Å². The molecule has 1 aromatic rings. The average molecular weight is 539 g/mol. The number of nitrogens with one attached hydrogen (secondary N) is 1. The van der Waals surface area contributed by atoms with Crippen molar-refractivity contribution in [2.75, 3.05) is 26.2 Å². The zero-order chi connectivity index (χ0) is 25.3. The highest BCUT2D eigenvalue weighted by atomic mass is 35.5. The molecule has 3 aliphatic rings. The molecule has 0 aliphatic carbocycles. The number of esters is 1. The number of halogens is 1. The molecule has 0 saturated carbocycles. The maximum absolute atomic E-state index is 13.3. The van der Waals surface area contributed by atoms with Crippen LogP contribution in [0.1, 0.15) is 40.2 Å². The van der Waals surface area contributed by atoms with Gasteiger partial charge in [-0.3, -0.25) is 9.59 Å². The summed E-state index contributed by atoms with van der Waals surface area (Å²) in [6.45, 7) is 12.5. The number of benzene rings is 1. The van der Waals surface area contributed by atoms with Crippen LogP contribution in [0.2, 0.25) is 0 Å². The number of oxime groups is 1. The number of carbonyl (C=O) groups is 3. The topological polar surface area (TPSA) is 101 Å². The largest absolute Gasteiger partial charge is 0.463 e. The lowest BCUT2D eigenvalue weighted by atomic mass is 9.91. The van der Waals surface area contributed by atoms with Gasteiger partial charge in [0.2, 0.25) is 11.8 Å².